The van der Waals surface area contributed by atoms with Crippen LogP contribution in [-0.4, -0.2) is 36.1 Å². The van der Waals surface area contributed by atoms with E-state index < -0.39 is 0 Å². The number of carbonyl (C=O) groups is 1. The molecule has 6 nitrogen and oxygen atoms in total. The van der Waals surface area contributed by atoms with E-state index in [-0.39, 0.29) is 17.5 Å². The zero-order valence-electron chi connectivity index (χ0n) is 15.3. The molecular formula is C20H18FN3O3S. The van der Waals surface area contributed by atoms with Gasteiger partial charge >= 0.3 is 0 Å². The largest absolute Gasteiger partial charge is 0.497 e. The van der Waals surface area contributed by atoms with Crippen LogP contribution < -0.4 is 14.8 Å². The number of halogens is 1. The molecule has 3 aromatic rings. The summed E-state index contributed by atoms with van der Waals surface area (Å²) >= 11 is 1.27. The maximum absolute atomic E-state index is 13.0. The van der Waals surface area contributed by atoms with Crippen molar-refractivity contribution in [3.05, 3.63) is 60.4 Å². The second-order valence-electron chi connectivity index (χ2n) is 5.70. The van der Waals surface area contributed by atoms with Crippen LogP contribution in [0.3, 0.4) is 0 Å². The van der Waals surface area contributed by atoms with Gasteiger partial charge < -0.3 is 14.8 Å². The lowest BCUT2D eigenvalue weighted by Crippen LogP contribution is -2.14. The lowest BCUT2D eigenvalue weighted by atomic mass is 10.1. The Morgan fingerprint density at radius 3 is 2.25 bits per heavy atom. The number of amides is 1. The number of nitrogens with one attached hydrogen (secondary N) is 1. The fourth-order valence-electron chi connectivity index (χ4n) is 2.39. The summed E-state index contributed by atoms with van der Waals surface area (Å²) in [6.45, 7) is 0. The molecule has 0 aliphatic rings. The van der Waals surface area contributed by atoms with E-state index in [0.29, 0.717) is 27.9 Å². The Labute approximate surface area is 166 Å². The van der Waals surface area contributed by atoms with Crippen molar-refractivity contribution in [2.45, 2.75) is 5.03 Å². The molecule has 1 N–H and O–H groups in total. The fraction of sp³-hybridized carbons (Fsp3) is 0.150. The number of ether oxygens (including phenoxy) is 2. The lowest BCUT2D eigenvalue weighted by molar-refractivity contribution is -0.113. The van der Waals surface area contributed by atoms with Gasteiger partial charge in [-0.1, -0.05) is 11.8 Å². The molecule has 28 heavy (non-hydrogen) atoms. The van der Waals surface area contributed by atoms with Crippen molar-refractivity contribution >= 4 is 23.4 Å². The Bertz CT molecular complexity index is 928. The van der Waals surface area contributed by atoms with Gasteiger partial charge in [-0.15, -0.1) is 10.2 Å². The Kier molecular flexibility index (Phi) is 6.44. The SMILES string of the molecule is COc1cc(NC(=O)CSc2ccc(-c3ccc(F)cc3)nn2)cc(OC)c1. The molecule has 1 aromatic heterocycles. The predicted octanol–water partition coefficient (Wildman–Crippen LogP) is 4.03. The van der Waals surface area contributed by atoms with E-state index in [4.69, 9.17) is 9.47 Å². The molecule has 0 saturated carbocycles. The number of benzene rings is 2. The highest BCUT2D eigenvalue weighted by molar-refractivity contribution is 7.99. The van der Waals surface area contributed by atoms with Crippen molar-refractivity contribution in [3.8, 4) is 22.8 Å². The molecule has 8 heteroatoms. The molecule has 1 amide bonds. The van der Waals surface area contributed by atoms with Crippen molar-refractivity contribution in [2.24, 2.45) is 0 Å². The predicted molar refractivity (Wildman–Crippen MR) is 106 cm³/mol. The van der Waals surface area contributed by atoms with Crippen molar-refractivity contribution in [1.82, 2.24) is 10.2 Å². The van der Waals surface area contributed by atoms with E-state index in [1.54, 1.807) is 56.7 Å². The molecule has 0 unspecified atom stereocenters. The van der Waals surface area contributed by atoms with Crippen LogP contribution in [0.4, 0.5) is 10.1 Å². The number of nitrogens with zero attached hydrogens (tertiary/aromatic N) is 2. The highest BCUT2D eigenvalue weighted by Gasteiger charge is 2.08. The first-order chi connectivity index (χ1) is 13.6. The highest BCUT2D eigenvalue weighted by Crippen LogP contribution is 2.26. The minimum atomic E-state index is -0.302. The smallest absolute Gasteiger partial charge is 0.234 e. The van der Waals surface area contributed by atoms with Gasteiger partial charge in [0, 0.05) is 29.4 Å². The van der Waals surface area contributed by atoms with Crippen molar-refractivity contribution < 1.29 is 18.7 Å². The number of aromatic nitrogens is 2. The quantitative estimate of drug-likeness (QED) is 0.605. The summed E-state index contributed by atoms with van der Waals surface area (Å²) in [5.74, 6) is 0.853. The van der Waals surface area contributed by atoms with E-state index in [1.165, 1.54) is 23.9 Å². The molecule has 0 bridgehead atoms. The number of carbonyl (C=O) groups excluding carboxylic acids is 1. The molecule has 144 valence electrons. The van der Waals surface area contributed by atoms with Crippen LogP contribution in [0, 0.1) is 5.82 Å². The second kappa shape index (κ2) is 9.18. The van der Waals surface area contributed by atoms with Crippen LogP contribution in [0.1, 0.15) is 0 Å². The Morgan fingerprint density at radius 1 is 1.00 bits per heavy atom. The molecule has 0 aliphatic heterocycles. The number of thioether (sulfide) groups is 1. The molecule has 0 atom stereocenters. The molecule has 0 fully saturated rings. The van der Waals surface area contributed by atoms with Gasteiger partial charge in [0.2, 0.25) is 5.91 Å². The molecule has 0 radical (unpaired) electrons. The molecule has 0 spiro atoms. The van der Waals surface area contributed by atoms with E-state index in [1.807, 2.05) is 0 Å². The van der Waals surface area contributed by atoms with Crippen LogP contribution in [-0.2, 0) is 4.79 Å². The van der Waals surface area contributed by atoms with E-state index in [0.717, 1.165) is 5.56 Å². The van der Waals surface area contributed by atoms with Gasteiger partial charge in [0.15, 0.2) is 0 Å². The van der Waals surface area contributed by atoms with E-state index in [9.17, 15) is 9.18 Å². The third-order valence-electron chi connectivity index (χ3n) is 3.77. The molecule has 2 aromatic carbocycles. The monoisotopic (exact) mass is 399 g/mol. The van der Waals surface area contributed by atoms with Crippen LogP contribution in [0.5, 0.6) is 11.5 Å². The Hall–Kier alpha value is -3.13. The normalized spacial score (nSPS) is 10.4. The van der Waals surface area contributed by atoms with Crippen LogP contribution >= 0.6 is 11.8 Å². The molecule has 0 aliphatic carbocycles. The fourth-order valence-corrected chi connectivity index (χ4v) is 3.00. The van der Waals surface area contributed by atoms with Crippen molar-refractivity contribution in [3.63, 3.8) is 0 Å². The minimum Gasteiger partial charge on any atom is -0.497 e. The summed E-state index contributed by atoms with van der Waals surface area (Å²) < 4.78 is 23.4. The third-order valence-corrected chi connectivity index (χ3v) is 4.69. The molecule has 3 rings (SSSR count). The summed E-state index contributed by atoms with van der Waals surface area (Å²) in [7, 11) is 3.09. The first-order valence-corrected chi connectivity index (χ1v) is 9.31. The number of hydrogen-bond donors (Lipinski definition) is 1. The van der Waals surface area contributed by atoms with Crippen LogP contribution in [0.2, 0.25) is 0 Å². The van der Waals surface area contributed by atoms with Gasteiger partial charge in [-0.3, -0.25) is 4.79 Å². The van der Waals surface area contributed by atoms with Crippen LogP contribution in [0.25, 0.3) is 11.3 Å². The first-order valence-electron chi connectivity index (χ1n) is 8.33. The average Bonchev–Trinajstić information content (AvgIpc) is 2.73. The topological polar surface area (TPSA) is 73.3 Å². The number of hydrogen-bond acceptors (Lipinski definition) is 6. The summed E-state index contributed by atoms with van der Waals surface area (Å²) in [5, 5.41) is 11.7. The highest BCUT2D eigenvalue weighted by atomic mass is 32.2. The number of rotatable bonds is 7. The number of methoxy groups -OCH3 is 2. The maximum Gasteiger partial charge on any atom is 0.234 e. The zero-order valence-corrected chi connectivity index (χ0v) is 16.1. The van der Waals surface area contributed by atoms with Gasteiger partial charge in [-0.25, -0.2) is 4.39 Å². The summed E-state index contributed by atoms with van der Waals surface area (Å²) in [6, 6.07) is 14.7. The van der Waals surface area contributed by atoms with Crippen molar-refractivity contribution in [1.29, 1.82) is 0 Å². The van der Waals surface area contributed by atoms with Gasteiger partial charge in [0.25, 0.3) is 0 Å². The van der Waals surface area contributed by atoms with E-state index in [2.05, 4.69) is 15.5 Å². The zero-order chi connectivity index (χ0) is 19.9. The third kappa shape index (κ3) is 5.20. The minimum absolute atomic E-state index is 0.171. The van der Waals surface area contributed by atoms with Crippen molar-refractivity contribution in [2.75, 3.05) is 25.3 Å². The number of anilines is 1. The lowest BCUT2D eigenvalue weighted by Gasteiger charge is -2.09. The molecular weight excluding hydrogens is 381 g/mol. The van der Waals surface area contributed by atoms with Gasteiger partial charge in [-0.2, -0.15) is 0 Å². The first kappa shape index (κ1) is 19.6. The summed E-state index contributed by atoms with van der Waals surface area (Å²) in [5.41, 5.74) is 1.99. The van der Waals surface area contributed by atoms with E-state index >= 15 is 0 Å². The maximum atomic E-state index is 13.0. The van der Waals surface area contributed by atoms with Crippen LogP contribution in [0.15, 0.2) is 59.6 Å². The Balaban J connectivity index is 1.58. The summed E-state index contributed by atoms with van der Waals surface area (Å²) in [4.78, 5) is 12.2. The second-order valence-corrected chi connectivity index (χ2v) is 6.70. The average molecular weight is 399 g/mol. The molecule has 0 saturated heterocycles. The summed E-state index contributed by atoms with van der Waals surface area (Å²) in [6.07, 6.45) is 0. The van der Waals surface area contributed by atoms with Gasteiger partial charge in [-0.05, 0) is 36.4 Å². The standard InChI is InChI=1S/C20H18FN3O3S/c1-26-16-9-15(10-17(11-16)27-2)22-19(25)12-28-20-8-7-18(23-24-20)13-3-5-14(21)6-4-13/h3-11H,12H2,1-2H3,(H,22,25). The van der Waals surface area contributed by atoms with Gasteiger partial charge in [0.1, 0.15) is 22.3 Å². The Morgan fingerprint density at radius 2 is 1.68 bits per heavy atom. The molecule has 1 heterocycles. The van der Waals surface area contributed by atoms with Gasteiger partial charge in [0.05, 0.1) is 25.7 Å².